The Morgan fingerprint density at radius 2 is 1.83 bits per heavy atom. The molecule has 1 amide bonds. The van der Waals surface area contributed by atoms with Crippen LogP contribution in [0.25, 0.3) is 11.4 Å². The van der Waals surface area contributed by atoms with Crippen LogP contribution >= 0.6 is 0 Å². The molecule has 0 atom stereocenters. The molecule has 2 heterocycles. The van der Waals surface area contributed by atoms with Crippen molar-refractivity contribution < 1.29 is 13.2 Å². The number of aromatic nitrogens is 4. The van der Waals surface area contributed by atoms with Gasteiger partial charge in [0.15, 0.2) is 0 Å². The Balaban J connectivity index is 1.43. The van der Waals surface area contributed by atoms with E-state index in [4.69, 9.17) is 0 Å². The van der Waals surface area contributed by atoms with Crippen molar-refractivity contribution in [3.05, 3.63) is 54.1 Å². The topological polar surface area (TPSA) is 110 Å². The number of rotatable bonds is 6. The maximum absolute atomic E-state index is 12.7. The van der Waals surface area contributed by atoms with E-state index in [2.05, 4.69) is 20.7 Å². The smallest absolute Gasteiger partial charge is 0.248 e. The van der Waals surface area contributed by atoms with E-state index < -0.39 is 10.0 Å². The molecule has 10 heteroatoms. The molecule has 30 heavy (non-hydrogen) atoms. The molecule has 0 radical (unpaired) electrons. The highest BCUT2D eigenvalue weighted by atomic mass is 32.2. The fourth-order valence-electron chi connectivity index (χ4n) is 3.27. The summed E-state index contributed by atoms with van der Waals surface area (Å²) in [6, 6.07) is 14.0. The van der Waals surface area contributed by atoms with Crippen molar-refractivity contribution in [2.45, 2.75) is 31.2 Å². The monoisotopic (exact) mass is 426 g/mol. The Morgan fingerprint density at radius 1 is 1.10 bits per heavy atom. The van der Waals surface area contributed by atoms with Crippen LogP contribution in [-0.2, 0) is 21.4 Å². The van der Waals surface area contributed by atoms with E-state index in [0.29, 0.717) is 24.6 Å². The number of sulfonamides is 1. The summed E-state index contributed by atoms with van der Waals surface area (Å²) in [6.07, 6.45) is 1.73. The van der Waals surface area contributed by atoms with Gasteiger partial charge in [0.1, 0.15) is 6.54 Å². The molecule has 0 bridgehead atoms. The number of benzene rings is 2. The van der Waals surface area contributed by atoms with Gasteiger partial charge in [0, 0.05) is 24.3 Å². The van der Waals surface area contributed by atoms with Crippen molar-refractivity contribution in [1.29, 1.82) is 0 Å². The van der Waals surface area contributed by atoms with Gasteiger partial charge in [-0.2, -0.15) is 9.10 Å². The average Bonchev–Trinajstić information content (AvgIpc) is 3.41. The quantitative estimate of drug-likeness (QED) is 0.646. The molecule has 0 aliphatic carbocycles. The van der Waals surface area contributed by atoms with E-state index >= 15 is 0 Å². The first-order valence-electron chi connectivity index (χ1n) is 9.67. The van der Waals surface area contributed by atoms with Gasteiger partial charge < -0.3 is 5.32 Å². The van der Waals surface area contributed by atoms with Crippen molar-refractivity contribution in [2.24, 2.45) is 0 Å². The van der Waals surface area contributed by atoms with Crippen molar-refractivity contribution in [3.63, 3.8) is 0 Å². The third kappa shape index (κ3) is 4.39. The van der Waals surface area contributed by atoms with Crippen LogP contribution in [0.3, 0.4) is 0 Å². The number of aryl methyl sites for hydroxylation is 1. The van der Waals surface area contributed by atoms with Crippen LogP contribution < -0.4 is 5.32 Å². The first-order chi connectivity index (χ1) is 14.4. The first-order valence-corrected chi connectivity index (χ1v) is 11.1. The zero-order valence-corrected chi connectivity index (χ0v) is 17.3. The SMILES string of the molecule is Cc1ccc(-c2nnn(CC(=O)Nc3cccc(S(=O)(=O)N4CCCC4)c3)n2)cc1. The minimum absolute atomic E-state index is 0.137. The maximum Gasteiger partial charge on any atom is 0.248 e. The normalized spacial score (nSPS) is 14.7. The highest BCUT2D eigenvalue weighted by molar-refractivity contribution is 7.89. The number of tetrazole rings is 1. The van der Waals surface area contributed by atoms with Gasteiger partial charge in [0.05, 0.1) is 4.90 Å². The number of hydrogen-bond donors (Lipinski definition) is 1. The van der Waals surface area contributed by atoms with Gasteiger partial charge in [-0.3, -0.25) is 4.79 Å². The number of carbonyl (C=O) groups excluding carboxylic acids is 1. The van der Waals surface area contributed by atoms with Crippen molar-refractivity contribution in [2.75, 3.05) is 18.4 Å². The zero-order chi connectivity index (χ0) is 21.1. The zero-order valence-electron chi connectivity index (χ0n) is 16.5. The maximum atomic E-state index is 12.7. The van der Waals surface area contributed by atoms with Gasteiger partial charge in [-0.15, -0.1) is 10.2 Å². The molecule has 0 unspecified atom stereocenters. The van der Waals surface area contributed by atoms with Crippen LogP contribution in [0.1, 0.15) is 18.4 Å². The summed E-state index contributed by atoms with van der Waals surface area (Å²) in [5.74, 6) is 0.0556. The highest BCUT2D eigenvalue weighted by Crippen LogP contribution is 2.23. The molecule has 0 saturated carbocycles. The van der Waals surface area contributed by atoms with Crippen LogP contribution in [0.4, 0.5) is 5.69 Å². The standard InChI is InChI=1S/C20H22N6O3S/c1-15-7-9-16(10-8-15)20-22-24-26(23-20)14-19(27)21-17-5-4-6-18(13-17)30(28,29)25-11-2-3-12-25/h4-10,13H,2-3,11-12,14H2,1H3,(H,21,27). The molecule has 1 aromatic heterocycles. The van der Waals surface area contributed by atoms with Gasteiger partial charge in [0.2, 0.25) is 21.8 Å². The van der Waals surface area contributed by atoms with Gasteiger partial charge in [0.25, 0.3) is 0 Å². The summed E-state index contributed by atoms with van der Waals surface area (Å²) < 4.78 is 26.9. The third-order valence-electron chi connectivity index (χ3n) is 4.87. The lowest BCUT2D eigenvalue weighted by molar-refractivity contribution is -0.117. The largest absolute Gasteiger partial charge is 0.324 e. The predicted molar refractivity (Wildman–Crippen MR) is 111 cm³/mol. The lowest BCUT2D eigenvalue weighted by Crippen LogP contribution is -2.28. The fraction of sp³-hybridized carbons (Fsp3) is 0.300. The minimum Gasteiger partial charge on any atom is -0.324 e. The Bertz CT molecular complexity index is 1150. The number of nitrogens with zero attached hydrogens (tertiary/aromatic N) is 5. The van der Waals surface area contributed by atoms with Crippen molar-refractivity contribution >= 4 is 21.6 Å². The Hall–Kier alpha value is -3.11. The molecule has 1 fully saturated rings. The van der Waals surface area contributed by atoms with Crippen molar-refractivity contribution in [3.8, 4) is 11.4 Å². The van der Waals surface area contributed by atoms with Crippen LogP contribution in [0, 0.1) is 6.92 Å². The highest BCUT2D eigenvalue weighted by Gasteiger charge is 2.27. The van der Waals surface area contributed by atoms with Crippen LogP contribution in [0.2, 0.25) is 0 Å². The molecule has 1 aliphatic rings. The Kier molecular flexibility index (Phi) is 5.60. The van der Waals surface area contributed by atoms with E-state index in [1.54, 1.807) is 12.1 Å². The third-order valence-corrected chi connectivity index (χ3v) is 6.76. The number of carbonyl (C=O) groups is 1. The summed E-state index contributed by atoms with van der Waals surface area (Å²) in [5.41, 5.74) is 2.34. The molecular weight excluding hydrogens is 404 g/mol. The second kappa shape index (κ2) is 8.33. The predicted octanol–water partition coefficient (Wildman–Crippen LogP) is 2.07. The number of anilines is 1. The molecule has 1 N–H and O–H groups in total. The van der Waals surface area contributed by atoms with Gasteiger partial charge >= 0.3 is 0 Å². The molecule has 3 aromatic rings. The van der Waals surface area contributed by atoms with Crippen LogP contribution in [0.5, 0.6) is 0 Å². The Morgan fingerprint density at radius 3 is 2.57 bits per heavy atom. The number of hydrogen-bond acceptors (Lipinski definition) is 6. The molecule has 0 spiro atoms. The molecule has 1 saturated heterocycles. The summed E-state index contributed by atoms with van der Waals surface area (Å²) in [7, 11) is -3.54. The molecule has 1 aliphatic heterocycles. The van der Waals surface area contributed by atoms with E-state index in [1.165, 1.54) is 21.2 Å². The molecular formula is C20H22N6O3S. The van der Waals surface area contributed by atoms with Gasteiger partial charge in [-0.25, -0.2) is 8.42 Å². The summed E-state index contributed by atoms with van der Waals surface area (Å²) in [5, 5.41) is 14.8. The van der Waals surface area contributed by atoms with E-state index in [0.717, 1.165) is 24.0 Å². The van der Waals surface area contributed by atoms with E-state index in [1.807, 2.05) is 31.2 Å². The second-order valence-corrected chi connectivity index (χ2v) is 9.13. The second-order valence-electron chi connectivity index (χ2n) is 7.20. The van der Waals surface area contributed by atoms with Crippen LogP contribution in [0.15, 0.2) is 53.4 Å². The minimum atomic E-state index is -3.54. The van der Waals surface area contributed by atoms with Gasteiger partial charge in [-0.05, 0) is 43.2 Å². The lowest BCUT2D eigenvalue weighted by Gasteiger charge is -2.16. The summed E-state index contributed by atoms with van der Waals surface area (Å²) in [6.45, 7) is 2.91. The average molecular weight is 427 g/mol. The summed E-state index contributed by atoms with van der Waals surface area (Å²) in [4.78, 5) is 13.8. The first kappa shape index (κ1) is 20.2. The van der Waals surface area contributed by atoms with Crippen LogP contribution in [-0.4, -0.2) is 51.9 Å². The van der Waals surface area contributed by atoms with Crippen molar-refractivity contribution in [1.82, 2.24) is 24.5 Å². The molecule has 156 valence electrons. The lowest BCUT2D eigenvalue weighted by atomic mass is 10.1. The summed E-state index contributed by atoms with van der Waals surface area (Å²) >= 11 is 0. The number of amides is 1. The van der Waals surface area contributed by atoms with E-state index in [-0.39, 0.29) is 17.3 Å². The van der Waals surface area contributed by atoms with Gasteiger partial charge in [-0.1, -0.05) is 35.9 Å². The fourth-order valence-corrected chi connectivity index (χ4v) is 4.83. The molecule has 4 rings (SSSR count). The Labute approximate surface area is 174 Å². The molecule has 2 aromatic carbocycles. The van der Waals surface area contributed by atoms with E-state index in [9.17, 15) is 13.2 Å². The number of nitrogens with one attached hydrogen (secondary N) is 1. The molecule has 9 nitrogen and oxygen atoms in total.